The van der Waals surface area contributed by atoms with Gasteiger partial charge in [-0.15, -0.1) is 12.4 Å². The lowest BCUT2D eigenvalue weighted by molar-refractivity contribution is -0.120. The summed E-state index contributed by atoms with van der Waals surface area (Å²) >= 11 is 0. The average molecular weight is 341 g/mol. The van der Waals surface area contributed by atoms with Gasteiger partial charge in [0, 0.05) is 39.3 Å². The van der Waals surface area contributed by atoms with Crippen LogP contribution in [0.2, 0.25) is 0 Å². The number of halogens is 1. The van der Waals surface area contributed by atoms with E-state index < -0.39 is 0 Å². The molecule has 1 fully saturated rings. The highest BCUT2D eigenvalue weighted by Gasteiger charge is 2.16. The lowest BCUT2D eigenvalue weighted by Gasteiger charge is -2.34. The molecule has 0 aliphatic carbocycles. The van der Waals surface area contributed by atoms with Crippen molar-refractivity contribution in [1.29, 1.82) is 0 Å². The van der Waals surface area contributed by atoms with E-state index >= 15 is 0 Å². The molecule has 1 aliphatic heterocycles. The Hall–Kier alpha value is -1.14. The van der Waals surface area contributed by atoms with Crippen LogP contribution in [-0.2, 0) is 17.9 Å². The molecule has 6 heteroatoms. The molecule has 1 heterocycles. The SMILES string of the molecule is CCN1CCN(Cc2ccccc2CNC(=O)CNC)CC1.Cl. The van der Waals surface area contributed by atoms with Crippen molar-refractivity contribution in [2.24, 2.45) is 0 Å². The van der Waals surface area contributed by atoms with Crippen LogP contribution < -0.4 is 10.6 Å². The second-order valence-corrected chi connectivity index (χ2v) is 5.79. The van der Waals surface area contributed by atoms with E-state index in [0.717, 1.165) is 39.3 Å². The third-order valence-corrected chi connectivity index (χ3v) is 4.24. The summed E-state index contributed by atoms with van der Waals surface area (Å²) < 4.78 is 0. The van der Waals surface area contributed by atoms with Crippen molar-refractivity contribution in [3.63, 3.8) is 0 Å². The molecule has 1 aromatic rings. The van der Waals surface area contributed by atoms with Gasteiger partial charge in [-0.2, -0.15) is 0 Å². The lowest BCUT2D eigenvalue weighted by atomic mass is 10.1. The number of nitrogens with zero attached hydrogens (tertiary/aromatic N) is 2. The number of nitrogens with one attached hydrogen (secondary N) is 2. The largest absolute Gasteiger partial charge is 0.351 e. The topological polar surface area (TPSA) is 47.6 Å². The molecule has 0 spiro atoms. The fourth-order valence-corrected chi connectivity index (χ4v) is 2.81. The summed E-state index contributed by atoms with van der Waals surface area (Å²) in [7, 11) is 1.78. The Morgan fingerprint density at radius 3 is 2.30 bits per heavy atom. The molecule has 1 saturated heterocycles. The maximum atomic E-state index is 11.6. The van der Waals surface area contributed by atoms with Crippen LogP contribution in [-0.4, -0.2) is 62.0 Å². The summed E-state index contributed by atoms with van der Waals surface area (Å²) in [6, 6.07) is 8.40. The van der Waals surface area contributed by atoms with Gasteiger partial charge in [-0.1, -0.05) is 31.2 Å². The molecule has 0 atom stereocenters. The first-order chi connectivity index (χ1) is 10.7. The molecule has 2 rings (SSSR count). The molecule has 1 aromatic carbocycles. The minimum absolute atomic E-state index is 0. The van der Waals surface area contributed by atoms with E-state index in [1.165, 1.54) is 11.1 Å². The number of benzene rings is 1. The fraction of sp³-hybridized carbons (Fsp3) is 0.588. The molecular formula is C17H29ClN4O. The van der Waals surface area contributed by atoms with Crippen LogP contribution in [0.25, 0.3) is 0 Å². The molecule has 0 bridgehead atoms. The normalized spacial score (nSPS) is 15.9. The number of amides is 1. The van der Waals surface area contributed by atoms with E-state index in [9.17, 15) is 4.79 Å². The van der Waals surface area contributed by atoms with Gasteiger partial charge in [-0.25, -0.2) is 0 Å². The van der Waals surface area contributed by atoms with Crippen molar-refractivity contribution in [3.05, 3.63) is 35.4 Å². The highest BCUT2D eigenvalue weighted by Crippen LogP contribution is 2.13. The molecule has 130 valence electrons. The quantitative estimate of drug-likeness (QED) is 0.780. The maximum absolute atomic E-state index is 11.6. The summed E-state index contributed by atoms with van der Waals surface area (Å²) in [6.07, 6.45) is 0. The van der Waals surface area contributed by atoms with Crippen molar-refractivity contribution in [1.82, 2.24) is 20.4 Å². The highest BCUT2D eigenvalue weighted by atomic mass is 35.5. The average Bonchev–Trinajstić information content (AvgIpc) is 2.55. The Bertz CT molecular complexity index is 475. The molecule has 0 radical (unpaired) electrons. The monoisotopic (exact) mass is 340 g/mol. The van der Waals surface area contributed by atoms with E-state index in [2.05, 4.69) is 45.6 Å². The first-order valence-electron chi connectivity index (χ1n) is 8.15. The number of hydrogen-bond acceptors (Lipinski definition) is 4. The van der Waals surface area contributed by atoms with Gasteiger partial charge in [0.15, 0.2) is 0 Å². The summed E-state index contributed by atoms with van der Waals surface area (Å²) in [5.74, 6) is 0.0360. The zero-order valence-electron chi connectivity index (χ0n) is 14.2. The van der Waals surface area contributed by atoms with Crippen LogP contribution in [0.15, 0.2) is 24.3 Å². The van der Waals surface area contributed by atoms with Gasteiger partial charge in [0.2, 0.25) is 5.91 Å². The van der Waals surface area contributed by atoms with Crippen molar-refractivity contribution < 1.29 is 4.79 Å². The van der Waals surface area contributed by atoms with Gasteiger partial charge in [0.1, 0.15) is 0 Å². The van der Waals surface area contributed by atoms with Gasteiger partial charge >= 0.3 is 0 Å². The van der Waals surface area contributed by atoms with Crippen LogP contribution in [0.1, 0.15) is 18.1 Å². The Kier molecular flexibility index (Phi) is 9.17. The Morgan fingerprint density at radius 2 is 1.70 bits per heavy atom. The van der Waals surface area contributed by atoms with Crippen molar-refractivity contribution >= 4 is 18.3 Å². The summed E-state index contributed by atoms with van der Waals surface area (Å²) in [4.78, 5) is 16.6. The first kappa shape index (κ1) is 19.9. The van der Waals surface area contributed by atoms with E-state index in [-0.39, 0.29) is 18.3 Å². The number of piperazine rings is 1. The summed E-state index contributed by atoms with van der Waals surface area (Å²) in [5.41, 5.74) is 2.53. The van der Waals surface area contributed by atoms with Crippen LogP contribution in [0.4, 0.5) is 0 Å². The second-order valence-electron chi connectivity index (χ2n) is 5.79. The van der Waals surface area contributed by atoms with Gasteiger partial charge in [-0.3, -0.25) is 9.69 Å². The third-order valence-electron chi connectivity index (χ3n) is 4.24. The highest BCUT2D eigenvalue weighted by molar-refractivity contribution is 5.85. The van der Waals surface area contributed by atoms with Crippen LogP contribution in [0, 0.1) is 0 Å². The number of carbonyl (C=O) groups is 1. The molecular weight excluding hydrogens is 312 g/mol. The predicted molar refractivity (Wildman–Crippen MR) is 96.9 cm³/mol. The molecule has 2 N–H and O–H groups in total. The van der Waals surface area contributed by atoms with E-state index in [1.54, 1.807) is 7.05 Å². The van der Waals surface area contributed by atoms with Gasteiger partial charge in [-0.05, 0) is 24.7 Å². The standard InChI is InChI=1S/C17H28N4O.ClH/c1-3-20-8-10-21(11-9-20)14-16-7-5-4-6-15(16)12-19-17(22)13-18-2;/h4-7,18H,3,8-14H2,1-2H3,(H,19,22);1H. The molecule has 0 saturated carbocycles. The van der Waals surface area contributed by atoms with E-state index in [1.807, 2.05) is 6.07 Å². The molecule has 1 aliphatic rings. The summed E-state index contributed by atoms with van der Waals surface area (Å²) in [6.45, 7) is 9.83. The summed E-state index contributed by atoms with van der Waals surface area (Å²) in [5, 5.41) is 5.83. The first-order valence-corrected chi connectivity index (χ1v) is 8.15. The zero-order valence-corrected chi connectivity index (χ0v) is 15.0. The number of hydrogen-bond donors (Lipinski definition) is 2. The van der Waals surface area contributed by atoms with Gasteiger partial charge in [0.05, 0.1) is 6.54 Å². The number of carbonyl (C=O) groups excluding carboxylic acids is 1. The predicted octanol–water partition coefficient (Wildman–Crippen LogP) is 1.08. The Balaban J connectivity index is 0.00000264. The van der Waals surface area contributed by atoms with Gasteiger partial charge in [0.25, 0.3) is 0 Å². The molecule has 0 aromatic heterocycles. The van der Waals surface area contributed by atoms with Gasteiger partial charge < -0.3 is 15.5 Å². The molecule has 0 unspecified atom stereocenters. The van der Waals surface area contributed by atoms with E-state index in [4.69, 9.17) is 0 Å². The number of likely N-dealkylation sites (N-methyl/N-ethyl adjacent to an activating group) is 2. The van der Waals surface area contributed by atoms with Crippen LogP contribution in [0.5, 0.6) is 0 Å². The maximum Gasteiger partial charge on any atom is 0.234 e. The molecule has 1 amide bonds. The van der Waals surface area contributed by atoms with Crippen molar-refractivity contribution in [3.8, 4) is 0 Å². The number of rotatable bonds is 7. The zero-order chi connectivity index (χ0) is 15.8. The minimum atomic E-state index is 0. The van der Waals surface area contributed by atoms with Crippen LogP contribution >= 0.6 is 12.4 Å². The second kappa shape index (κ2) is 10.6. The van der Waals surface area contributed by atoms with Crippen molar-refractivity contribution in [2.45, 2.75) is 20.0 Å². The molecule has 23 heavy (non-hydrogen) atoms. The Labute approximate surface area is 145 Å². The smallest absolute Gasteiger partial charge is 0.234 e. The third kappa shape index (κ3) is 6.47. The Morgan fingerprint density at radius 1 is 1.09 bits per heavy atom. The van der Waals surface area contributed by atoms with E-state index in [0.29, 0.717) is 13.1 Å². The van der Waals surface area contributed by atoms with Crippen molar-refractivity contribution in [2.75, 3.05) is 46.3 Å². The lowest BCUT2D eigenvalue weighted by Crippen LogP contribution is -2.45. The molecule has 5 nitrogen and oxygen atoms in total. The van der Waals surface area contributed by atoms with Crippen LogP contribution in [0.3, 0.4) is 0 Å². The fourth-order valence-electron chi connectivity index (χ4n) is 2.81. The minimum Gasteiger partial charge on any atom is -0.351 e.